The Labute approximate surface area is 98.8 Å². The molecule has 4 heteroatoms. The summed E-state index contributed by atoms with van der Waals surface area (Å²) in [7, 11) is 0. The third-order valence-electron chi connectivity index (χ3n) is 3.06. The summed E-state index contributed by atoms with van der Waals surface area (Å²) in [5.41, 5.74) is 8.74. The molecule has 4 nitrogen and oxygen atoms in total. The number of benzene rings is 1. The van der Waals surface area contributed by atoms with Gasteiger partial charge in [0.15, 0.2) is 5.65 Å². The average molecular weight is 226 g/mol. The second-order valence-corrected chi connectivity index (χ2v) is 4.60. The van der Waals surface area contributed by atoms with Crippen LogP contribution < -0.4 is 5.73 Å². The molecule has 0 saturated carbocycles. The summed E-state index contributed by atoms with van der Waals surface area (Å²) in [5.74, 6) is 1.08. The predicted molar refractivity (Wildman–Crippen MR) is 69.9 cm³/mol. The van der Waals surface area contributed by atoms with E-state index in [0.717, 1.165) is 16.3 Å². The summed E-state index contributed by atoms with van der Waals surface area (Å²) in [6.45, 7) is 4.36. The maximum absolute atomic E-state index is 5.81. The van der Waals surface area contributed by atoms with E-state index in [0.29, 0.717) is 17.4 Å². The SMILES string of the molecule is CC(C)c1ccc2nc3n[nH]c(N)c3cc2c1. The van der Waals surface area contributed by atoms with Crippen LogP contribution in [-0.2, 0) is 0 Å². The molecule has 0 spiro atoms. The number of H-pyrrole nitrogens is 1. The van der Waals surface area contributed by atoms with Gasteiger partial charge in [-0.3, -0.25) is 5.10 Å². The van der Waals surface area contributed by atoms with Crippen molar-refractivity contribution in [2.45, 2.75) is 19.8 Å². The van der Waals surface area contributed by atoms with Gasteiger partial charge in [-0.1, -0.05) is 19.9 Å². The van der Waals surface area contributed by atoms with E-state index < -0.39 is 0 Å². The lowest BCUT2D eigenvalue weighted by Crippen LogP contribution is -1.89. The number of aromatic amines is 1. The highest BCUT2D eigenvalue weighted by molar-refractivity contribution is 5.96. The molecule has 0 aliphatic heterocycles. The minimum absolute atomic E-state index is 0.511. The van der Waals surface area contributed by atoms with Crippen molar-refractivity contribution in [2.24, 2.45) is 0 Å². The number of nitrogens with one attached hydrogen (secondary N) is 1. The van der Waals surface area contributed by atoms with Gasteiger partial charge in [0.05, 0.1) is 10.9 Å². The van der Waals surface area contributed by atoms with Crippen LogP contribution in [0.25, 0.3) is 21.9 Å². The number of anilines is 1. The largest absolute Gasteiger partial charge is 0.384 e. The van der Waals surface area contributed by atoms with Crippen molar-refractivity contribution in [3.8, 4) is 0 Å². The van der Waals surface area contributed by atoms with Crippen LogP contribution in [-0.4, -0.2) is 15.2 Å². The molecule has 2 heterocycles. The first-order valence-electron chi connectivity index (χ1n) is 5.69. The Balaban J connectivity index is 2.34. The van der Waals surface area contributed by atoms with E-state index in [1.165, 1.54) is 5.56 Å². The third kappa shape index (κ3) is 1.53. The summed E-state index contributed by atoms with van der Waals surface area (Å²) < 4.78 is 0. The fourth-order valence-corrected chi connectivity index (χ4v) is 2.00. The highest BCUT2D eigenvalue weighted by Gasteiger charge is 2.07. The molecule has 0 fully saturated rings. The molecule has 0 aliphatic carbocycles. The van der Waals surface area contributed by atoms with Crippen molar-refractivity contribution in [2.75, 3.05) is 5.73 Å². The van der Waals surface area contributed by atoms with Crippen molar-refractivity contribution in [1.82, 2.24) is 15.2 Å². The van der Waals surface area contributed by atoms with E-state index in [4.69, 9.17) is 5.73 Å². The van der Waals surface area contributed by atoms with E-state index in [2.05, 4.69) is 41.2 Å². The molecule has 0 saturated heterocycles. The summed E-state index contributed by atoms with van der Waals surface area (Å²) >= 11 is 0. The monoisotopic (exact) mass is 226 g/mol. The lowest BCUT2D eigenvalue weighted by molar-refractivity contribution is 0.868. The molecule has 17 heavy (non-hydrogen) atoms. The molecule has 0 bridgehead atoms. The summed E-state index contributed by atoms with van der Waals surface area (Å²) in [4.78, 5) is 4.48. The normalized spacial score (nSPS) is 11.7. The Morgan fingerprint density at radius 1 is 1.24 bits per heavy atom. The maximum atomic E-state index is 5.81. The van der Waals surface area contributed by atoms with Crippen molar-refractivity contribution in [3.63, 3.8) is 0 Å². The molecule has 0 amide bonds. The first-order chi connectivity index (χ1) is 8.15. The molecule has 2 aromatic heterocycles. The lowest BCUT2D eigenvalue weighted by atomic mass is 10.0. The quantitative estimate of drug-likeness (QED) is 0.670. The zero-order valence-corrected chi connectivity index (χ0v) is 9.86. The number of nitrogens with two attached hydrogens (primary N) is 1. The Morgan fingerprint density at radius 3 is 2.82 bits per heavy atom. The number of nitrogen functional groups attached to an aromatic ring is 1. The van der Waals surface area contributed by atoms with Gasteiger partial charge in [0.1, 0.15) is 5.82 Å². The van der Waals surface area contributed by atoms with Gasteiger partial charge in [0.2, 0.25) is 0 Å². The highest BCUT2D eigenvalue weighted by atomic mass is 15.2. The molecular formula is C13H14N4. The standard InChI is InChI=1S/C13H14N4/c1-7(2)8-3-4-11-9(5-8)6-10-12(14)16-17-13(10)15-11/h3-7H,1-2H3,(H3,14,15,16,17). The zero-order valence-electron chi connectivity index (χ0n) is 9.86. The van der Waals surface area contributed by atoms with Crippen LogP contribution >= 0.6 is 0 Å². The van der Waals surface area contributed by atoms with Gasteiger partial charge in [-0.05, 0) is 29.7 Å². The van der Waals surface area contributed by atoms with E-state index in [9.17, 15) is 0 Å². The smallest absolute Gasteiger partial charge is 0.183 e. The number of pyridine rings is 1. The molecule has 1 aromatic carbocycles. The van der Waals surface area contributed by atoms with Crippen molar-refractivity contribution < 1.29 is 0 Å². The van der Waals surface area contributed by atoms with Gasteiger partial charge in [0.25, 0.3) is 0 Å². The van der Waals surface area contributed by atoms with Gasteiger partial charge in [-0.2, -0.15) is 5.10 Å². The highest BCUT2D eigenvalue weighted by Crippen LogP contribution is 2.25. The van der Waals surface area contributed by atoms with Crippen LogP contribution in [0.4, 0.5) is 5.82 Å². The molecule has 0 radical (unpaired) electrons. The van der Waals surface area contributed by atoms with Crippen molar-refractivity contribution in [1.29, 1.82) is 0 Å². The van der Waals surface area contributed by atoms with Gasteiger partial charge >= 0.3 is 0 Å². The first kappa shape index (κ1) is 10.1. The number of hydrogen-bond acceptors (Lipinski definition) is 3. The summed E-state index contributed by atoms with van der Waals surface area (Å²) in [6.07, 6.45) is 0. The van der Waals surface area contributed by atoms with Gasteiger partial charge in [-0.15, -0.1) is 0 Å². The Hall–Kier alpha value is -2.10. The average Bonchev–Trinajstić information content (AvgIpc) is 2.67. The van der Waals surface area contributed by atoms with Gasteiger partial charge in [0, 0.05) is 5.39 Å². The van der Waals surface area contributed by atoms with Crippen molar-refractivity contribution >= 4 is 27.8 Å². The molecule has 86 valence electrons. The molecule has 3 rings (SSSR count). The molecule has 3 aromatic rings. The van der Waals surface area contributed by atoms with Crippen LogP contribution in [0.3, 0.4) is 0 Å². The van der Waals surface area contributed by atoms with E-state index in [1.807, 2.05) is 12.1 Å². The Kier molecular flexibility index (Phi) is 2.04. The maximum Gasteiger partial charge on any atom is 0.183 e. The molecule has 3 N–H and O–H groups in total. The summed E-state index contributed by atoms with van der Waals surface area (Å²) in [6, 6.07) is 8.36. The van der Waals surface area contributed by atoms with E-state index in [-0.39, 0.29) is 0 Å². The van der Waals surface area contributed by atoms with Crippen LogP contribution in [0.15, 0.2) is 24.3 Å². The van der Waals surface area contributed by atoms with E-state index in [1.54, 1.807) is 0 Å². The number of fused-ring (bicyclic) bond motifs is 2. The fourth-order valence-electron chi connectivity index (χ4n) is 2.00. The Morgan fingerprint density at radius 2 is 2.06 bits per heavy atom. The van der Waals surface area contributed by atoms with Crippen LogP contribution in [0, 0.1) is 0 Å². The van der Waals surface area contributed by atoms with Gasteiger partial charge < -0.3 is 5.73 Å². The topological polar surface area (TPSA) is 67.6 Å². The minimum atomic E-state index is 0.511. The first-order valence-corrected chi connectivity index (χ1v) is 5.69. The minimum Gasteiger partial charge on any atom is -0.384 e. The predicted octanol–water partition coefficient (Wildman–Crippen LogP) is 2.82. The number of rotatable bonds is 1. The molecule has 0 aliphatic rings. The summed E-state index contributed by atoms with van der Waals surface area (Å²) in [5, 5.41) is 8.81. The van der Waals surface area contributed by atoms with Crippen molar-refractivity contribution in [3.05, 3.63) is 29.8 Å². The number of nitrogens with zero attached hydrogens (tertiary/aromatic N) is 2. The second kappa shape index (κ2) is 3.45. The lowest BCUT2D eigenvalue weighted by Gasteiger charge is -2.06. The van der Waals surface area contributed by atoms with Crippen LogP contribution in [0.1, 0.15) is 25.3 Å². The molecule has 0 atom stereocenters. The number of aromatic nitrogens is 3. The van der Waals surface area contributed by atoms with Crippen LogP contribution in [0.5, 0.6) is 0 Å². The third-order valence-corrected chi connectivity index (χ3v) is 3.06. The number of hydrogen-bond donors (Lipinski definition) is 2. The molecule has 0 unspecified atom stereocenters. The second-order valence-electron chi connectivity index (χ2n) is 4.60. The van der Waals surface area contributed by atoms with Gasteiger partial charge in [-0.25, -0.2) is 4.98 Å². The van der Waals surface area contributed by atoms with E-state index >= 15 is 0 Å². The van der Waals surface area contributed by atoms with Crippen LogP contribution in [0.2, 0.25) is 0 Å². The zero-order chi connectivity index (χ0) is 12.0. The molecular weight excluding hydrogens is 212 g/mol. The fraction of sp³-hybridized carbons (Fsp3) is 0.231. The Bertz CT molecular complexity index is 697.